The molecule has 0 unspecified atom stereocenters. The number of nitrogens with one attached hydrogen (secondary N) is 1. The average molecular weight is 184 g/mol. The lowest BCUT2D eigenvalue weighted by molar-refractivity contribution is 0.459. The fourth-order valence-corrected chi connectivity index (χ4v) is 1.56. The molecular weight excluding hydrogens is 176 g/mol. The molecule has 0 aliphatic rings. The summed E-state index contributed by atoms with van der Waals surface area (Å²) in [6, 6.07) is 11.7. The minimum Gasteiger partial charge on any atom is -0.360 e. The molecule has 0 bridgehead atoms. The molecule has 0 aliphatic heterocycles. The number of nitrogens with zero attached hydrogens (tertiary/aromatic N) is 1. The van der Waals surface area contributed by atoms with E-state index in [0.717, 1.165) is 22.4 Å². The van der Waals surface area contributed by atoms with Crippen molar-refractivity contribution in [2.45, 2.75) is 0 Å². The Kier molecular flexibility index (Phi) is 1.44. The lowest BCUT2D eigenvalue weighted by Crippen LogP contribution is -1.76. The van der Waals surface area contributed by atoms with Crippen LogP contribution in [0.2, 0.25) is 0 Å². The highest BCUT2D eigenvalue weighted by atomic mass is 16.5. The first kappa shape index (κ1) is 7.38. The van der Waals surface area contributed by atoms with Gasteiger partial charge in [-0.2, -0.15) is 0 Å². The second kappa shape index (κ2) is 2.73. The summed E-state index contributed by atoms with van der Waals surface area (Å²) in [4.78, 5) is 3.11. The van der Waals surface area contributed by atoms with E-state index in [1.165, 1.54) is 0 Å². The summed E-state index contributed by atoms with van der Waals surface area (Å²) >= 11 is 0. The van der Waals surface area contributed by atoms with Gasteiger partial charge in [-0.1, -0.05) is 17.3 Å². The normalized spacial score (nSPS) is 10.9. The molecule has 3 aromatic rings. The summed E-state index contributed by atoms with van der Waals surface area (Å²) in [5, 5.41) is 5.07. The minimum absolute atomic E-state index is 0.817. The second-order valence-electron chi connectivity index (χ2n) is 3.11. The molecule has 68 valence electrons. The molecule has 1 aromatic carbocycles. The van der Waals surface area contributed by atoms with E-state index < -0.39 is 0 Å². The Morgan fingerprint density at radius 3 is 2.86 bits per heavy atom. The predicted octanol–water partition coefficient (Wildman–Crippen LogP) is 2.82. The summed E-state index contributed by atoms with van der Waals surface area (Å²) in [6.07, 6.45) is 1.87. The fraction of sp³-hybridized carbons (Fsp3) is 0. The van der Waals surface area contributed by atoms with Gasteiger partial charge in [0, 0.05) is 6.20 Å². The Hall–Kier alpha value is -2.03. The van der Waals surface area contributed by atoms with E-state index in [-0.39, 0.29) is 0 Å². The van der Waals surface area contributed by atoms with Crippen molar-refractivity contribution in [2.24, 2.45) is 0 Å². The third-order valence-electron chi connectivity index (χ3n) is 2.23. The van der Waals surface area contributed by atoms with Crippen molar-refractivity contribution in [3.05, 3.63) is 42.6 Å². The van der Waals surface area contributed by atoms with E-state index in [4.69, 9.17) is 4.52 Å². The van der Waals surface area contributed by atoms with E-state index in [0.29, 0.717) is 0 Å². The first-order valence-electron chi connectivity index (χ1n) is 4.43. The molecule has 0 saturated carbocycles. The maximum Gasteiger partial charge on any atom is 0.167 e. The number of fused-ring (bicyclic) bond motifs is 1. The molecule has 0 atom stereocenters. The van der Waals surface area contributed by atoms with Crippen LogP contribution in [-0.4, -0.2) is 10.1 Å². The van der Waals surface area contributed by atoms with Gasteiger partial charge in [-0.15, -0.1) is 0 Å². The van der Waals surface area contributed by atoms with Crippen LogP contribution in [0.3, 0.4) is 0 Å². The van der Waals surface area contributed by atoms with E-state index >= 15 is 0 Å². The molecule has 0 amide bonds. The first-order valence-corrected chi connectivity index (χ1v) is 4.43. The molecule has 3 rings (SSSR count). The van der Waals surface area contributed by atoms with Gasteiger partial charge >= 0.3 is 0 Å². The van der Waals surface area contributed by atoms with Crippen molar-refractivity contribution in [1.82, 2.24) is 10.1 Å². The number of para-hydroxylation sites is 1. The van der Waals surface area contributed by atoms with E-state index in [1.54, 1.807) is 0 Å². The van der Waals surface area contributed by atoms with Gasteiger partial charge in [0.1, 0.15) is 5.69 Å². The van der Waals surface area contributed by atoms with Gasteiger partial charge < -0.3 is 9.51 Å². The molecule has 2 aromatic heterocycles. The average Bonchev–Trinajstić information content (AvgIpc) is 2.85. The Morgan fingerprint density at radius 1 is 1.07 bits per heavy atom. The number of aromatic amines is 1. The van der Waals surface area contributed by atoms with Crippen LogP contribution in [0.25, 0.3) is 22.4 Å². The fourth-order valence-electron chi connectivity index (χ4n) is 1.56. The van der Waals surface area contributed by atoms with Crippen molar-refractivity contribution in [1.29, 1.82) is 0 Å². The predicted molar refractivity (Wildman–Crippen MR) is 53.8 cm³/mol. The van der Waals surface area contributed by atoms with Crippen LogP contribution in [0, 0.1) is 0 Å². The Morgan fingerprint density at radius 2 is 2.00 bits per heavy atom. The highest BCUT2D eigenvalue weighted by Crippen LogP contribution is 2.25. The highest BCUT2D eigenvalue weighted by molar-refractivity contribution is 5.90. The zero-order valence-corrected chi connectivity index (χ0v) is 7.40. The number of hydrogen-bond acceptors (Lipinski definition) is 2. The third-order valence-corrected chi connectivity index (χ3v) is 2.23. The quantitative estimate of drug-likeness (QED) is 0.631. The van der Waals surface area contributed by atoms with Gasteiger partial charge in [0.05, 0.1) is 11.1 Å². The van der Waals surface area contributed by atoms with Gasteiger partial charge in [0.25, 0.3) is 0 Å². The van der Waals surface area contributed by atoms with Crippen LogP contribution in [0.4, 0.5) is 0 Å². The number of H-pyrrole nitrogens is 1. The van der Waals surface area contributed by atoms with Crippen LogP contribution in [0.5, 0.6) is 0 Å². The lowest BCUT2D eigenvalue weighted by atomic mass is 10.2. The summed E-state index contributed by atoms with van der Waals surface area (Å²) in [6.45, 7) is 0. The molecule has 0 saturated heterocycles. The van der Waals surface area contributed by atoms with E-state index in [1.807, 2.05) is 42.6 Å². The van der Waals surface area contributed by atoms with Crippen LogP contribution >= 0.6 is 0 Å². The Balaban J connectivity index is 2.33. The summed E-state index contributed by atoms with van der Waals surface area (Å²) < 4.78 is 5.20. The number of rotatable bonds is 1. The van der Waals surface area contributed by atoms with Crippen molar-refractivity contribution in [2.75, 3.05) is 0 Å². The largest absolute Gasteiger partial charge is 0.360 e. The van der Waals surface area contributed by atoms with Crippen molar-refractivity contribution in [3.63, 3.8) is 0 Å². The zero-order chi connectivity index (χ0) is 9.38. The van der Waals surface area contributed by atoms with Gasteiger partial charge in [0.2, 0.25) is 0 Å². The van der Waals surface area contributed by atoms with Crippen LogP contribution < -0.4 is 0 Å². The first-order chi connectivity index (χ1) is 6.95. The Labute approximate surface area is 80.3 Å². The van der Waals surface area contributed by atoms with Crippen LogP contribution in [0.1, 0.15) is 0 Å². The van der Waals surface area contributed by atoms with Gasteiger partial charge in [-0.05, 0) is 24.3 Å². The summed E-state index contributed by atoms with van der Waals surface area (Å²) in [5.74, 6) is 0. The SMILES string of the molecule is c1c[nH]c(-c2noc3ccccc23)c1. The number of hydrogen-bond donors (Lipinski definition) is 1. The molecule has 2 heterocycles. The van der Waals surface area contributed by atoms with Crippen molar-refractivity contribution < 1.29 is 4.52 Å². The van der Waals surface area contributed by atoms with Gasteiger partial charge in [-0.3, -0.25) is 0 Å². The van der Waals surface area contributed by atoms with Crippen LogP contribution in [-0.2, 0) is 0 Å². The maximum absolute atomic E-state index is 5.20. The standard InChI is InChI=1S/C11H8N2O/c1-2-6-10-8(4-1)11(13-14-10)9-5-3-7-12-9/h1-7,12H. The molecule has 0 radical (unpaired) electrons. The second-order valence-corrected chi connectivity index (χ2v) is 3.11. The molecule has 0 fully saturated rings. The molecule has 3 heteroatoms. The van der Waals surface area contributed by atoms with Crippen molar-refractivity contribution >= 4 is 11.0 Å². The zero-order valence-electron chi connectivity index (χ0n) is 7.40. The lowest BCUT2D eigenvalue weighted by Gasteiger charge is -1.89. The molecule has 3 nitrogen and oxygen atoms in total. The molecule has 0 aliphatic carbocycles. The smallest absolute Gasteiger partial charge is 0.167 e. The van der Waals surface area contributed by atoms with Gasteiger partial charge in [-0.25, -0.2) is 0 Å². The Bertz CT molecular complexity index is 551. The number of aromatic nitrogens is 2. The maximum atomic E-state index is 5.20. The third kappa shape index (κ3) is 0.956. The minimum atomic E-state index is 0.817. The molecule has 0 spiro atoms. The molecule has 1 N–H and O–H groups in total. The number of benzene rings is 1. The van der Waals surface area contributed by atoms with Gasteiger partial charge in [0.15, 0.2) is 5.58 Å². The summed E-state index contributed by atoms with van der Waals surface area (Å²) in [7, 11) is 0. The van der Waals surface area contributed by atoms with E-state index in [9.17, 15) is 0 Å². The van der Waals surface area contributed by atoms with Crippen LogP contribution in [0.15, 0.2) is 47.1 Å². The van der Waals surface area contributed by atoms with E-state index in [2.05, 4.69) is 10.1 Å². The monoisotopic (exact) mass is 184 g/mol. The molecule has 14 heavy (non-hydrogen) atoms. The molecular formula is C11H8N2O. The topological polar surface area (TPSA) is 41.8 Å². The van der Waals surface area contributed by atoms with Crippen molar-refractivity contribution in [3.8, 4) is 11.4 Å². The highest BCUT2D eigenvalue weighted by Gasteiger charge is 2.09. The summed E-state index contributed by atoms with van der Waals surface area (Å²) in [5.41, 5.74) is 2.66.